The first-order chi connectivity index (χ1) is 8.99. The SMILES string of the molecule is Cc1cc(F)ccc1S(=O)(=O)NCC1CCCCN1. The van der Waals surface area contributed by atoms with Crippen molar-refractivity contribution in [2.75, 3.05) is 13.1 Å². The highest BCUT2D eigenvalue weighted by atomic mass is 32.2. The minimum Gasteiger partial charge on any atom is -0.313 e. The highest BCUT2D eigenvalue weighted by molar-refractivity contribution is 7.89. The molecule has 0 saturated carbocycles. The van der Waals surface area contributed by atoms with E-state index in [1.54, 1.807) is 6.92 Å². The summed E-state index contributed by atoms with van der Waals surface area (Å²) in [6.45, 7) is 2.90. The van der Waals surface area contributed by atoms with Crippen LogP contribution in [0, 0.1) is 12.7 Å². The van der Waals surface area contributed by atoms with Gasteiger partial charge in [-0.15, -0.1) is 0 Å². The third-order valence-corrected chi connectivity index (χ3v) is 4.94. The molecule has 4 nitrogen and oxygen atoms in total. The quantitative estimate of drug-likeness (QED) is 0.883. The van der Waals surface area contributed by atoms with Crippen LogP contribution >= 0.6 is 0 Å². The van der Waals surface area contributed by atoms with E-state index in [9.17, 15) is 12.8 Å². The van der Waals surface area contributed by atoms with Gasteiger partial charge in [-0.25, -0.2) is 17.5 Å². The largest absolute Gasteiger partial charge is 0.313 e. The normalized spacial score (nSPS) is 20.4. The monoisotopic (exact) mass is 286 g/mol. The molecule has 0 radical (unpaired) electrons. The number of hydrogen-bond donors (Lipinski definition) is 2. The molecule has 1 saturated heterocycles. The summed E-state index contributed by atoms with van der Waals surface area (Å²) in [5.74, 6) is -0.426. The van der Waals surface area contributed by atoms with E-state index >= 15 is 0 Å². The Morgan fingerprint density at radius 3 is 2.84 bits per heavy atom. The van der Waals surface area contributed by atoms with Crippen molar-refractivity contribution in [3.8, 4) is 0 Å². The number of nitrogens with one attached hydrogen (secondary N) is 2. The average molecular weight is 286 g/mol. The van der Waals surface area contributed by atoms with E-state index in [2.05, 4.69) is 10.0 Å². The molecule has 1 aromatic carbocycles. The second kappa shape index (κ2) is 5.98. The molecular formula is C13H19FN2O2S. The molecule has 1 unspecified atom stereocenters. The molecule has 0 spiro atoms. The van der Waals surface area contributed by atoms with E-state index < -0.39 is 15.8 Å². The van der Waals surface area contributed by atoms with Gasteiger partial charge in [-0.3, -0.25) is 0 Å². The van der Waals surface area contributed by atoms with E-state index in [1.807, 2.05) is 0 Å². The van der Waals surface area contributed by atoms with Gasteiger partial charge in [0.25, 0.3) is 0 Å². The number of rotatable bonds is 4. The summed E-state index contributed by atoms with van der Waals surface area (Å²) < 4.78 is 39.9. The molecule has 1 fully saturated rings. The zero-order valence-corrected chi connectivity index (χ0v) is 11.8. The fourth-order valence-corrected chi connectivity index (χ4v) is 3.61. The maximum atomic E-state index is 13.0. The summed E-state index contributed by atoms with van der Waals surface area (Å²) in [5.41, 5.74) is 0.420. The van der Waals surface area contributed by atoms with Crippen LogP contribution in [0.2, 0.25) is 0 Å². The molecule has 1 atom stereocenters. The second-order valence-electron chi connectivity index (χ2n) is 4.91. The van der Waals surface area contributed by atoms with Crippen LogP contribution in [0.1, 0.15) is 24.8 Å². The lowest BCUT2D eigenvalue weighted by atomic mass is 10.1. The lowest BCUT2D eigenvalue weighted by Gasteiger charge is -2.23. The number of benzene rings is 1. The number of halogens is 1. The van der Waals surface area contributed by atoms with E-state index in [0.717, 1.165) is 25.8 Å². The van der Waals surface area contributed by atoms with Crippen LogP contribution in [0.4, 0.5) is 4.39 Å². The molecule has 0 aliphatic carbocycles. The topological polar surface area (TPSA) is 58.2 Å². The van der Waals surface area contributed by atoms with Crippen molar-refractivity contribution in [3.05, 3.63) is 29.6 Å². The zero-order valence-electron chi connectivity index (χ0n) is 10.9. The minimum atomic E-state index is -3.56. The molecule has 1 heterocycles. The Labute approximate surface area is 113 Å². The van der Waals surface area contributed by atoms with Gasteiger partial charge in [0, 0.05) is 12.6 Å². The van der Waals surface area contributed by atoms with Gasteiger partial charge in [0.05, 0.1) is 4.90 Å². The van der Waals surface area contributed by atoms with Gasteiger partial charge in [0.2, 0.25) is 10.0 Å². The summed E-state index contributed by atoms with van der Waals surface area (Å²) in [6, 6.07) is 3.89. The lowest BCUT2D eigenvalue weighted by Crippen LogP contribution is -2.43. The van der Waals surface area contributed by atoms with Crippen molar-refractivity contribution >= 4 is 10.0 Å². The average Bonchev–Trinajstić information content (AvgIpc) is 2.37. The van der Waals surface area contributed by atoms with Gasteiger partial charge in [-0.2, -0.15) is 0 Å². The van der Waals surface area contributed by atoms with Gasteiger partial charge >= 0.3 is 0 Å². The molecular weight excluding hydrogens is 267 g/mol. The van der Waals surface area contributed by atoms with E-state index in [0.29, 0.717) is 12.1 Å². The van der Waals surface area contributed by atoms with E-state index in [4.69, 9.17) is 0 Å². The van der Waals surface area contributed by atoms with Crippen LogP contribution in [0.3, 0.4) is 0 Å². The van der Waals surface area contributed by atoms with Gasteiger partial charge in [0.15, 0.2) is 0 Å². The third kappa shape index (κ3) is 3.75. The fraction of sp³-hybridized carbons (Fsp3) is 0.538. The van der Waals surface area contributed by atoms with Crippen molar-refractivity contribution < 1.29 is 12.8 Å². The predicted molar refractivity (Wildman–Crippen MR) is 72.0 cm³/mol. The van der Waals surface area contributed by atoms with Crippen LogP contribution in [0.15, 0.2) is 23.1 Å². The first-order valence-electron chi connectivity index (χ1n) is 6.48. The van der Waals surface area contributed by atoms with Crippen LogP contribution in [-0.4, -0.2) is 27.5 Å². The Kier molecular flexibility index (Phi) is 4.54. The summed E-state index contributed by atoms with van der Waals surface area (Å²) in [4.78, 5) is 0.143. The van der Waals surface area contributed by atoms with Crippen molar-refractivity contribution in [2.45, 2.75) is 37.1 Å². The molecule has 0 aromatic heterocycles. The molecule has 0 bridgehead atoms. The first-order valence-corrected chi connectivity index (χ1v) is 7.96. The van der Waals surface area contributed by atoms with Crippen LogP contribution in [0.5, 0.6) is 0 Å². The first kappa shape index (κ1) is 14.4. The van der Waals surface area contributed by atoms with Crippen LogP contribution < -0.4 is 10.0 Å². The maximum Gasteiger partial charge on any atom is 0.240 e. The molecule has 106 valence electrons. The summed E-state index contributed by atoms with van der Waals surface area (Å²) in [5, 5.41) is 3.28. The Morgan fingerprint density at radius 2 is 2.21 bits per heavy atom. The van der Waals surface area contributed by atoms with Crippen molar-refractivity contribution in [1.29, 1.82) is 0 Å². The number of sulfonamides is 1. The van der Waals surface area contributed by atoms with Crippen LogP contribution in [0.25, 0.3) is 0 Å². The smallest absolute Gasteiger partial charge is 0.240 e. The molecule has 1 aliphatic rings. The number of piperidine rings is 1. The Morgan fingerprint density at radius 1 is 1.42 bits per heavy atom. The van der Waals surface area contributed by atoms with Crippen LogP contribution in [-0.2, 0) is 10.0 Å². The van der Waals surface area contributed by atoms with Crippen molar-refractivity contribution in [1.82, 2.24) is 10.0 Å². The molecule has 1 aromatic rings. The Balaban J connectivity index is 2.05. The van der Waals surface area contributed by atoms with Crippen molar-refractivity contribution in [3.63, 3.8) is 0 Å². The van der Waals surface area contributed by atoms with Gasteiger partial charge in [-0.05, 0) is 50.1 Å². The molecule has 0 amide bonds. The predicted octanol–water partition coefficient (Wildman–Crippen LogP) is 1.55. The summed E-state index contributed by atoms with van der Waals surface area (Å²) >= 11 is 0. The number of aryl methyl sites for hydroxylation is 1. The zero-order chi connectivity index (χ0) is 13.9. The highest BCUT2D eigenvalue weighted by Crippen LogP contribution is 2.16. The lowest BCUT2D eigenvalue weighted by molar-refractivity contribution is 0.398. The van der Waals surface area contributed by atoms with Gasteiger partial charge in [0.1, 0.15) is 5.82 Å². The Bertz CT molecular complexity index is 540. The minimum absolute atomic E-state index is 0.143. The molecule has 6 heteroatoms. The molecule has 2 rings (SSSR count). The van der Waals surface area contributed by atoms with E-state index in [1.165, 1.54) is 18.2 Å². The second-order valence-corrected chi connectivity index (χ2v) is 6.64. The number of hydrogen-bond acceptors (Lipinski definition) is 3. The fourth-order valence-electron chi connectivity index (χ4n) is 2.30. The molecule has 2 N–H and O–H groups in total. The summed E-state index contributed by atoms with van der Waals surface area (Å²) in [7, 11) is -3.56. The van der Waals surface area contributed by atoms with E-state index in [-0.39, 0.29) is 10.9 Å². The standard InChI is InChI=1S/C13H19FN2O2S/c1-10-8-11(14)5-6-13(10)19(17,18)16-9-12-4-2-3-7-15-12/h5-6,8,12,15-16H,2-4,7,9H2,1H3. The Hall–Kier alpha value is -0.980. The van der Waals surface area contributed by atoms with Gasteiger partial charge < -0.3 is 5.32 Å². The third-order valence-electron chi connectivity index (χ3n) is 3.36. The summed E-state index contributed by atoms with van der Waals surface area (Å²) in [6.07, 6.45) is 3.24. The molecule has 19 heavy (non-hydrogen) atoms. The highest BCUT2D eigenvalue weighted by Gasteiger charge is 2.20. The van der Waals surface area contributed by atoms with Gasteiger partial charge in [-0.1, -0.05) is 6.42 Å². The van der Waals surface area contributed by atoms with Crippen molar-refractivity contribution in [2.24, 2.45) is 0 Å². The maximum absolute atomic E-state index is 13.0. The molecule has 1 aliphatic heterocycles.